The summed E-state index contributed by atoms with van der Waals surface area (Å²) in [5.41, 5.74) is 0. The van der Waals surface area contributed by atoms with Crippen molar-refractivity contribution in [3.63, 3.8) is 0 Å². The van der Waals surface area contributed by atoms with Gasteiger partial charge in [-0.1, -0.05) is 259 Å². The van der Waals surface area contributed by atoms with Crippen LogP contribution in [0.2, 0.25) is 0 Å². The Morgan fingerprint density at radius 2 is 0.529 bits per heavy atom. The SMILES string of the molecule is CCCCCCCCCCCCC(=O)OCC(COC(=O)CCCCCCCCCCCC)CC(=O)OCCN(CCOC(=O)CC(COC(=O)CCCCCCCCCCCC)COC(=O)CCCCCCCCCCCC)C(=O)NCCN(C)C. The topological polar surface area (TPSA) is 193 Å². The zero-order valence-electron chi connectivity index (χ0n) is 57.0. The number of unbranched alkanes of at least 4 members (excludes halogenated alkanes) is 36. The molecule has 510 valence electrons. The average Bonchev–Trinajstić information content (AvgIpc) is 3.63. The summed E-state index contributed by atoms with van der Waals surface area (Å²) in [7, 11) is 3.78. The van der Waals surface area contributed by atoms with Gasteiger partial charge in [-0.05, 0) is 39.8 Å². The molecule has 2 amide bonds. The second-order valence-electron chi connectivity index (χ2n) is 25.1. The summed E-state index contributed by atoms with van der Waals surface area (Å²) in [6.45, 7) is 9.02. The highest BCUT2D eigenvalue weighted by Gasteiger charge is 2.23. The highest BCUT2D eigenvalue weighted by molar-refractivity contribution is 5.75. The first-order valence-corrected chi connectivity index (χ1v) is 36.0. The Balaban J connectivity index is 5.57. The molecule has 0 aliphatic rings. The molecule has 0 heterocycles. The molecule has 0 rings (SSSR count). The molecule has 0 aromatic carbocycles. The molecule has 0 aromatic rings. The number of hydrogen-bond acceptors (Lipinski definition) is 14. The fraction of sp³-hybridized carbons (Fsp3) is 0.901. The fourth-order valence-electron chi connectivity index (χ4n) is 10.4. The van der Waals surface area contributed by atoms with E-state index in [9.17, 15) is 33.6 Å². The molecule has 0 spiro atoms. The molecule has 16 nitrogen and oxygen atoms in total. The number of carbonyl (C=O) groups excluding carboxylic acids is 7. The summed E-state index contributed by atoms with van der Waals surface area (Å²) in [5, 5.41) is 2.88. The van der Waals surface area contributed by atoms with Crippen molar-refractivity contribution in [2.24, 2.45) is 11.8 Å². The molecule has 0 aliphatic heterocycles. The smallest absolute Gasteiger partial charge is 0.317 e. The van der Waals surface area contributed by atoms with Crippen LogP contribution in [-0.4, -0.2) is 132 Å². The molecule has 0 unspecified atom stereocenters. The van der Waals surface area contributed by atoms with Gasteiger partial charge < -0.3 is 43.5 Å². The van der Waals surface area contributed by atoms with E-state index < -0.39 is 29.8 Å². The van der Waals surface area contributed by atoms with Crippen LogP contribution in [0.25, 0.3) is 0 Å². The van der Waals surface area contributed by atoms with Gasteiger partial charge in [0.25, 0.3) is 0 Å². The van der Waals surface area contributed by atoms with E-state index in [0.717, 1.165) is 103 Å². The van der Waals surface area contributed by atoms with Crippen LogP contribution in [-0.2, 0) is 57.2 Å². The highest BCUT2D eigenvalue weighted by Crippen LogP contribution is 2.18. The molecule has 0 bridgehead atoms. The molecule has 16 heteroatoms. The van der Waals surface area contributed by atoms with Crippen LogP contribution in [0.15, 0.2) is 0 Å². The Labute approximate surface area is 531 Å². The molecule has 0 aliphatic carbocycles. The van der Waals surface area contributed by atoms with Crippen molar-refractivity contribution in [3.8, 4) is 0 Å². The number of hydrogen-bond donors (Lipinski definition) is 1. The van der Waals surface area contributed by atoms with Gasteiger partial charge in [-0.2, -0.15) is 0 Å². The van der Waals surface area contributed by atoms with Crippen LogP contribution < -0.4 is 5.32 Å². The molecule has 0 fully saturated rings. The second kappa shape index (κ2) is 63.6. The van der Waals surface area contributed by atoms with Crippen molar-refractivity contribution >= 4 is 41.8 Å². The summed E-state index contributed by atoms with van der Waals surface area (Å²) in [5.74, 6) is -3.87. The monoisotopic (exact) mass is 1240 g/mol. The van der Waals surface area contributed by atoms with E-state index >= 15 is 0 Å². The summed E-state index contributed by atoms with van der Waals surface area (Å²) >= 11 is 0. The minimum absolute atomic E-state index is 0.0178. The van der Waals surface area contributed by atoms with Crippen LogP contribution in [0, 0.1) is 11.8 Å². The maximum absolute atomic E-state index is 13.5. The quantitative estimate of drug-likeness (QED) is 0.0343. The summed E-state index contributed by atoms with van der Waals surface area (Å²) in [6.07, 6.45) is 46.6. The van der Waals surface area contributed by atoms with Crippen molar-refractivity contribution < 1.29 is 62.0 Å². The Bertz CT molecular complexity index is 1460. The van der Waals surface area contributed by atoms with Crippen molar-refractivity contribution in [2.45, 2.75) is 323 Å². The summed E-state index contributed by atoms with van der Waals surface area (Å²) in [6, 6.07) is -0.438. The Kier molecular flexibility index (Phi) is 60.7. The molecule has 0 atom stereocenters. The molecule has 0 radical (unpaired) electrons. The first kappa shape index (κ1) is 83.1. The third-order valence-corrected chi connectivity index (χ3v) is 16.1. The van der Waals surface area contributed by atoms with Crippen LogP contribution in [0.1, 0.15) is 323 Å². The van der Waals surface area contributed by atoms with Crippen LogP contribution >= 0.6 is 0 Å². The number of likely N-dealkylation sites (N-methyl/N-ethyl adjacent to an activating group) is 1. The van der Waals surface area contributed by atoms with E-state index in [1.54, 1.807) is 0 Å². The number of carbonyl (C=O) groups is 7. The number of esters is 6. The van der Waals surface area contributed by atoms with Gasteiger partial charge in [-0.3, -0.25) is 28.8 Å². The minimum atomic E-state index is -0.624. The number of amides is 2. The first-order valence-electron chi connectivity index (χ1n) is 36.0. The zero-order chi connectivity index (χ0) is 63.9. The number of rotatable bonds is 65. The third kappa shape index (κ3) is 59.4. The second-order valence-corrected chi connectivity index (χ2v) is 25.1. The van der Waals surface area contributed by atoms with Gasteiger partial charge in [0.05, 0.1) is 52.4 Å². The predicted molar refractivity (Wildman–Crippen MR) is 351 cm³/mol. The van der Waals surface area contributed by atoms with Crippen LogP contribution in [0.3, 0.4) is 0 Å². The molecule has 0 saturated heterocycles. The average molecular weight is 1240 g/mol. The van der Waals surface area contributed by atoms with Crippen LogP contribution in [0.4, 0.5) is 4.79 Å². The lowest BCUT2D eigenvalue weighted by Gasteiger charge is -2.24. The van der Waals surface area contributed by atoms with E-state index in [0.29, 0.717) is 13.1 Å². The number of nitrogens with zero attached hydrogens (tertiary/aromatic N) is 2. The van der Waals surface area contributed by atoms with Crippen molar-refractivity contribution in [2.75, 3.05) is 79.9 Å². The van der Waals surface area contributed by atoms with E-state index in [2.05, 4.69) is 33.0 Å². The van der Waals surface area contributed by atoms with Crippen molar-refractivity contribution in [3.05, 3.63) is 0 Å². The third-order valence-electron chi connectivity index (χ3n) is 16.1. The van der Waals surface area contributed by atoms with Gasteiger partial charge in [0.1, 0.15) is 13.2 Å². The Hall–Kier alpha value is -3.95. The molecular formula is C71H133N3O13. The van der Waals surface area contributed by atoms with E-state index in [1.165, 1.54) is 159 Å². The Morgan fingerprint density at radius 3 is 0.759 bits per heavy atom. The summed E-state index contributed by atoms with van der Waals surface area (Å²) < 4.78 is 33.8. The number of nitrogens with one attached hydrogen (secondary N) is 1. The van der Waals surface area contributed by atoms with E-state index in [1.807, 2.05) is 19.0 Å². The van der Waals surface area contributed by atoms with Gasteiger partial charge in [0.2, 0.25) is 0 Å². The molecule has 1 N–H and O–H groups in total. The van der Waals surface area contributed by atoms with Crippen molar-refractivity contribution in [1.82, 2.24) is 15.1 Å². The van der Waals surface area contributed by atoms with Gasteiger partial charge in [-0.15, -0.1) is 0 Å². The zero-order valence-corrected chi connectivity index (χ0v) is 57.0. The number of ether oxygens (including phenoxy) is 6. The fourth-order valence-corrected chi connectivity index (χ4v) is 10.4. The van der Waals surface area contributed by atoms with Gasteiger partial charge in [0, 0.05) is 50.6 Å². The lowest BCUT2D eigenvalue weighted by Crippen LogP contribution is -2.45. The molecular weight excluding hydrogens is 1100 g/mol. The predicted octanol–water partition coefficient (Wildman–Crippen LogP) is 17.1. The van der Waals surface area contributed by atoms with Gasteiger partial charge in [-0.25, -0.2) is 4.79 Å². The van der Waals surface area contributed by atoms with Crippen LogP contribution in [0.5, 0.6) is 0 Å². The molecule has 0 aromatic heterocycles. The molecule has 0 saturated carbocycles. The first-order chi connectivity index (χ1) is 42.3. The van der Waals surface area contributed by atoms with E-state index in [4.69, 9.17) is 28.4 Å². The van der Waals surface area contributed by atoms with Crippen molar-refractivity contribution in [1.29, 1.82) is 0 Å². The Morgan fingerprint density at radius 1 is 0.299 bits per heavy atom. The minimum Gasteiger partial charge on any atom is -0.465 e. The maximum atomic E-state index is 13.5. The van der Waals surface area contributed by atoms with Gasteiger partial charge >= 0.3 is 41.8 Å². The maximum Gasteiger partial charge on any atom is 0.317 e. The normalized spacial score (nSPS) is 11.3. The molecule has 87 heavy (non-hydrogen) atoms. The number of urea groups is 1. The largest absolute Gasteiger partial charge is 0.465 e. The van der Waals surface area contributed by atoms with E-state index in [-0.39, 0.29) is 115 Å². The summed E-state index contributed by atoms with van der Waals surface area (Å²) in [4.78, 5) is 95.0. The lowest BCUT2D eigenvalue weighted by molar-refractivity contribution is -0.155. The standard InChI is InChI=1S/C71H133N3O13/c1-7-11-15-19-23-27-31-35-39-43-47-65(75)84-59-63(60-85-66(76)48-44-40-36-32-28-24-20-16-12-8-2)57-69(79)82-55-53-74(71(81)72-51-52-73(5)6)54-56-83-70(80)58-64(61-86-67(77)49-45-41-37-33-29-25-21-17-13-9-3)62-87-68(78)50-46-42-38-34-30-26-22-18-14-10-4/h63-64H,7-62H2,1-6H3,(H,72,81). The lowest BCUT2D eigenvalue weighted by atomic mass is 10.1. The highest BCUT2D eigenvalue weighted by atomic mass is 16.6. The van der Waals surface area contributed by atoms with Gasteiger partial charge in [0.15, 0.2) is 0 Å².